The van der Waals surface area contributed by atoms with Crippen LogP contribution in [0.4, 0.5) is 13.2 Å². The molecule has 0 bridgehead atoms. The molecule has 0 saturated carbocycles. The molecule has 0 atom stereocenters. The lowest BCUT2D eigenvalue weighted by Gasteiger charge is -2.26. The molecule has 7 nitrogen and oxygen atoms in total. The molecule has 0 radical (unpaired) electrons. The Labute approximate surface area is 168 Å². The Bertz CT molecular complexity index is 1290. The van der Waals surface area contributed by atoms with E-state index in [2.05, 4.69) is 20.3 Å². The highest BCUT2D eigenvalue weighted by Crippen LogP contribution is 2.32. The molecule has 3 aromatic heterocycles. The van der Waals surface area contributed by atoms with E-state index in [-0.39, 0.29) is 18.0 Å². The molecule has 4 heterocycles. The van der Waals surface area contributed by atoms with Crippen molar-refractivity contribution in [3.63, 3.8) is 0 Å². The van der Waals surface area contributed by atoms with E-state index in [0.717, 1.165) is 23.1 Å². The molecular weight excluding hydrogens is 397 g/mol. The number of hydrogen-bond donors (Lipinski definition) is 1. The Balaban J connectivity index is 1.46. The number of hydrogen-bond acceptors (Lipinski definition) is 4. The van der Waals surface area contributed by atoms with Gasteiger partial charge in [-0.3, -0.25) is 14.6 Å². The van der Waals surface area contributed by atoms with E-state index < -0.39 is 17.5 Å². The summed E-state index contributed by atoms with van der Waals surface area (Å²) in [4.78, 5) is 18.8. The molecule has 0 unspecified atom stereocenters. The van der Waals surface area contributed by atoms with Crippen LogP contribution in [-0.2, 0) is 20.0 Å². The number of aromatic amines is 1. The molecule has 152 valence electrons. The zero-order valence-electron chi connectivity index (χ0n) is 15.8. The minimum atomic E-state index is -1.50. The first-order chi connectivity index (χ1) is 14.4. The molecule has 5 rings (SSSR count). The van der Waals surface area contributed by atoms with Crippen molar-refractivity contribution in [1.29, 1.82) is 0 Å². The number of carbonyl (C=O) groups is 1. The van der Waals surface area contributed by atoms with Gasteiger partial charge in [-0.2, -0.15) is 10.2 Å². The fourth-order valence-corrected chi connectivity index (χ4v) is 3.88. The third-order valence-electron chi connectivity index (χ3n) is 5.28. The van der Waals surface area contributed by atoms with Crippen LogP contribution >= 0.6 is 0 Å². The molecule has 1 aliphatic rings. The molecule has 0 spiro atoms. The largest absolute Gasteiger partial charge is 0.332 e. The van der Waals surface area contributed by atoms with E-state index in [1.54, 1.807) is 24.2 Å². The van der Waals surface area contributed by atoms with Gasteiger partial charge in [0.2, 0.25) is 0 Å². The maximum Gasteiger partial charge on any atom is 0.255 e. The van der Waals surface area contributed by atoms with Crippen molar-refractivity contribution in [1.82, 2.24) is 29.9 Å². The zero-order valence-corrected chi connectivity index (χ0v) is 15.8. The van der Waals surface area contributed by atoms with E-state index in [9.17, 15) is 18.0 Å². The van der Waals surface area contributed by atoms with Crippen LogP contribution in [0, 0.1) is 17.5 Å². The highest BCUT2D eigenvalue weighted by atomic mass is 19.2. The summed E-state index contributed by atoms with van der Waals surface area (Å²) in [6, 6.07) is 3.63. The predicted octanol–water partition coefficient (Wildman–Crippen LogP) is 2.97. The van der Waals surface area contributed by atoms with Crippen LogP contribution in [0.3, 0.4) is 0 Å². The predicted molar refractivity (Wildman–Crippen MR) is 101 cm³/mol. The van der Waals surface area contributed by atoms with Gasteiger partial charge in [-0.15, -0.1) is 0 Å². The number of nitrogens with one attached hydrogen (secondary N) is 1. The third-order valence-corrected chi connectivity index (χ3v) is 5.28. The number of nitrogens with zero attached hydrogens (tertiary/aromatic N) is 5. The van der Waals surface area contributed by atoms with E-state index in [4.69, 9.17) is 0 Å². The molecule has 1 aliphatic heterocycles. The summed E-state index contributed by atoms with van der Waals surface area (Å²) in [5, 5.41) is 11.8. The third kappa shape index (κ3) is 2.83. The minimum absolute atomic E-state index is 0.192. The smallest absolute Gasteiger partial charge is 0.255 e. The lowest BCUT2D eigenvalue weighted by Crippen LogP contribution is -2.36. The summed E-state index contributed by atoms with van der Waals surface area (Å²) in [5.74, 6) is -4.21. The maximum absolute atomic E-state index is 13.7. The highest BCUT2D eigenvalue weighted by Gasteiger charge is 2.28. The summed E-state index contributed by atoms with van der Waals surface area (Å²) in [6.07, 6.45) is 3.54. The Morgan fingerprint density at radius 1 is 1.13 bits per heavy atom. The van der Waals surface area contributed by atoms with Gasteiger partial charge in [-0.05, 0) is 24.6 Å². The average Bonchev–Trinajstić information content (AvgIpc) is 3.33. The first-order valence-corrected chi connectivity index (χ1v) is 9.20. The first-order valence-electron chi connectivity index (χ1n) is 9.20. The molecule has 30 heavy (non-hydrogen) atoms. The molecule has 0 saturated heterocycles. The normalized spacial score (nSPS) is 13.7. The van der Waals surface area contributed by atoms with E-state index in [1.165, 1.54) is 10.9 Å². The van der Waals surface area contributed by atoms with Crippen molar-refractivity contribution in [3.05, 3.63) is 64.9 Å². The maximum atomic E-state index is 13.7. The fraction of sp³-hybridized carbons (Fsp3) is 0.200. The number of aryl methyl sites for hydroxylation is 1. The van der Waals surface area contributed by atoms with Crippen LogP contribution in [0.2, 0.25) is 0 Å². The van der Waals surface area contributed by atoms with Crippen molar-refractivity contribution >= 4 is 16.9 Å². The minimum Gasteiger partial charge on any atom is -0.332 e. The number of rotatable bonds is 2. The molecule has 0 aliphatic carbocycles. The van der Waals surface area contributed by atoms with Crippen molar-refractivity contribution in [2.75, 3.05) is 6.54 Å². The van der Waals surface area contributed by atoms with Gasteiger partial charge in [0, 0.05) is 36.3 Å². The topological polar surface area (TPSA) is 79.7 Å². The quantitative estimate of drug-likeness (QED) is 0.514. The van der Waals surface area contributed by atoms with Gasteiger partial charge in [0.05, 0.1) is 29.7 Å². The van der Waals surface area contributed by atoms with E-state index >= 15 is 0 Å². The SMILES string of the molecule is Cn1nc2c(c1-c1cc(F)c(F)c(F)c1)CCN(C(=O)c1cnc3[nH]ncc3c1)C2. The van der Waals surface area contributed by atoms with Crippen LogP contribution in [-0.4, -0.2) is 42.3 Å². The lowest BCUT2D eigenvalue weighted by atomic mass is 9.99. The number of aromatic nitrogens is 5. The van der Waals surface area contributed by atoms with Crippen molar-refractivity contribution in [3.8, 4) is 11.3 Å². The van der Waals surface area contributed by atoms with Gasteiger partial charge in [0.1, 0.15) is 0 Å². The molecule has 1 aromatic carbocycles. The average molecular weight is 412 g/mol. The van der Waals surface area contributed by atoms with Crippen LogP contribution in [0.1, 0.15) is 21.6 Å². The number of H-pyrrole nitrogens is 1. The number of benzene rings is 1. The Morgan fingerprint density at radius 2 is 1.90 bits per heavy atom. The summed E-state index contributed by atoms with van der Waals surface area (Å²) >= 11 is 0. The van der Waals surface area contributed by atoms with Gasteiger partial charge in [0.25, 0.3) is 5.91 Å². The monoisotopic (exact) mass is 412 g/mol. The van der Waals surface area contributed by atoms with Crippen LogP contribution in [0.15, 0.2) is 30.6 Å². The Hall–Kier alpha value is -3.69. The number of amides is 1. The number of carbonyl (C=O) groups excluding carboxylic acids is 1. The molecular formula is C20H15F3N6O. The second kappa shape index (κ2) is 6.68. The van der Waals surface area contributed by atoms with Crippen LogP contribution in [0.5, 0.6) is 0 Å². The second-order valence-corrected chi connectivity index (χ2v) is 7.16. The summed E-state index contributed by atoms with van der Waals surface area (Å²) < 4.78 is 42.3. The number of fused-ring (bicyclic) bond motifs is 2. The molecule has 1 amide bonds. The lowest BCUT2D eigenvalue weighted by molar-refractivity contribution is 0.0732. The second-order valence-electron chi connectivity index (χ2n) is 7.16. The van der Waals surface area contributed by atoms with Gasteiger partial charge in [-0.1, -0.05) is 0 Å². The van der Waals surface area contributed by atoms with Crippen molar-refractivity contribution < 1.29 is 18.0 Å². The van der Waals surface area contributed by atoms with Crippen molar-refractivity contribution in [2.24, 2.45) is 7.05 Å². The standard InChI is InChI=1S/C20H15F3N6O/c1-28-18(10-5-14(21)17(23)15(22)6-10)13-2-3-29(9-16(13)27-28)20(30)12-4-11-8-25-26-19(11)24-7-12/h4-8H,2-3,9H2,1H3,(H,24,25,26). The number of halogens is 3. The number of pyridine rings is 1. The molecule has 1 N–H and O–H groups in total. The van der Waals surface area contributed by atoms with Gasteiger partial charge < -0.3 is 4.90 Å². The van der Waals surface area contributed by atoms with Crippen LogP contribution in [0.25, 0.3) is 22.3 Å². The molecule has 0 fully saturated rings. The van der Waals surface area contributed by atoms with Gasteiger partial charge in [-0.25, -0.2) is 18.2 Å². The zero-order chi connectivity index (χ0) is 21.0. The highest BCUT2D eigenvalue weighted by molar-refractivity contribution is 5.96. The van der Waals surface area contributed by atoms with E-state index in [0.29, 0.717) is 35.6 Å². The molecule has 10 heteroatoms. The van der Waals surface area contributed by atoms with Gasteiger partial charge >= 0.3 is 0 Å². The Kier molecular flexibility index (Phi) is 4.09. The van der Waals surface area contributed by atoms with E-state index in [1.807, 2.05) is 0 Å². The van der Waals surface area contributed by atoms with Gasteiger partial charge in [0.15, 0.2) is 23.1 Å². The first kappa shape index (κ1) is 18.3. The summed E-state index contributed by atoms with van der Waals surface area (Å²) in [7, 11) is 1.65. The Morgan fingerprint density at radius 3 is 2.67 bits per heavy atom. The fourth-order valence-electron chi connectivity index (χ4n) is 3.88. The van der Waals surface area contributed by atoms with Crippen molar-refractivity contribution in [2.45, 2.75) is 13.0 Å². The summed E-state index contributed by atoms with van der Waals surface area (Å²) in [5.41, 5.74) is 3.17. The molecule has 4 aromatic rings. The summed E-state index contributed by atoms with van der Waals surface area (Å²) in [6.45, 7) is 0.650. The van der Waals surface area contributed by atoms with Crippen LogP contribution < -0.4 is 0 Å².